The van der Waals surface area contributed by atoms with Gasteiger partial charge in [0.2, 0.25) is 5.91 Å². The molecule has 0 aliphatic carbocycles. The third kappa shape index (κ3) is 5.47. The van der Waals surface area contributed by atoms with Crippen LogP contribution in [0.1, 0.15) is 32.3 Å². The SMILES string of the molecule is COc1cc(CN2CCC(C)(NC(C)=O)CC2)cc(Nc2ccccc2)c1. The lowest BCUT2D eigenvalue weighted by Gasteiger charge is -2.39. The van der Waals surface area contributed by atoms with E-state index in [1.54, 1.807) is 14.0 Å². The van der Waals surface area contributed by atoms with Crippen LogP contribution < -0.4 is 15.4 Å². The number of carbonyl (C=O) groups excluding carboxylic acids is 1. The number of carbonyl (C=O) groups is 1. The first-order valence-corrected chi connectivity index (χ1v) is 9.47. The molecule has 5 nitrogen and oxygen atoms in total. The first kappa shape index (κ1) is 19.2. The summed E-state index contributed by atoms with van der Waals surface area (Å²) in [5, 5.41) is 6.55. The molecule has 1 aliphatic heterocycles. The number of nitrogens with zero attached hydrogens (tertiary/aromatic N) is 1. The maximum absolute atomic E-state index is 11.4. The van der Waals surface area contributed by atoms with Crippen LogP contribution in [-0.2, 0) is 11.3 Å². The summed E-state index contributed by atoms with van der Waals surface area (Å²) in [6.07, 6.45) is 1.93. The Bertz CT molecular complexity index is 768. The molecule has 144 valence electrons. The van der Waals surface area contributed by atoms with E-state index in [4.69, 9.17) is 4.74 Å². The highest BCUT2D eigenvalue weighted by molar-refractivity contribution is 5.73. The molecule has 0 spiro atoms. The summed E-state index contributed by atoms with van der Waals surface area (Å²) in [5.41, 5.74) is 3.21. The van der Waals surface area contributed by atoms with E-state index in [2.05, 4.69) is 34.6 Å². The van der Waals surface area contributed by atoms with Crippen molar-refractivity contribution in [2.45, 2.75) is 38.8 Å². The van der Waals surface area contributed by atoms with Crippen LogP contribution in [0.15, 0.2) is 48.5 Å². The van der Waals surface area contributed by atoms with Gasteiger partial charge in [0.05, 0.1) is 7.11 Å². The normalized spacial score (nSPS) is 16.6. The van der Waals surface area contributed by atoms with E-state index < -0.39 is 0 Å². The average molecular weight is 367 g/mol. The van der Waals surface area contributed by atoms with E-state index in [1.165, 1.54) is 5.56 Å². The minimum Gasteiger partial charge on any atom is -0.497 e. The number of rotatable bonds is 6. The van der Waals surface area contributed by atoms with Gasteiger partial charge in [-0.2, -0.15) is 0 Å². The van der Waals surface area contributed by atoms with E-state index in [1.807, 2.05) is 36.4 Å². The summed E-state index contributed by atoms with van der Waals surface area (Å²) in [7, 11) is 1.70. The average Bonchev–Trinajstić information content (AvgIpc) is 2.64. The van der Waals surface area contributed by atoms with Crippen LogP contribution in [0.25, 0.3) is 0 Å². The topological polar surface area (TPSA) is 53.6 Å². The molecule has 1 fully saturated rings. The number of para-hydroxylation sites is 1. The van der Waals surface area contributed by atoms with Crippen LogP contribution in [0.5, 0.6) is 5.75 Å². The monoisotopic (exact) mass is 367 g/mol. The Kier molecular flexibility index (Phi) is 6.01. The third-order valence-electron chi connectivity index (χ3n) is 5.11. The van der Waals surface area contributed by atoms with E-state index in [-0.39, 0.29) is 11.4 Å². The predicted molar refractivity (Wildman–Crippen MR) is 109 cm³/mol. The molecular formula is C22H29N3O2. The summed E-state index contributed by atoms with van der Waals surface area (Å²) in [5.74, 6) is 0.904. The molecule has 1 amide bonds. The second kappa shape index (κ2) is 8.44. The second-order valence-corrected chi connectivity index (χ2v) is 7.58. The zero-order valence-corrected chi connectivity index (χ0v) is 16.4. The molecular weight excluding hydrogens is 338 g/mol. The van der Waals surface area contributed by atoms with Gasteiger partial charge in [0, 0.05) is 49.5 Å². The Labute approximate surface area is 161 Å². The Morgan fingerprint density at radius 2 is 1.81 bits per heavy atom. The van der Waals surface area contributed by atoms with Crippen molar-refractivity contribution in [2.75, 3.05) is 25.5 Å². The smallest absolute Gasteiger partial charge is 0.217 e. The minimum atomic E-state index is -0.0866. The predicted octanol–water partition coefficient (Wildman–Crippen LogP) is 3.93. The fourth-order valence-corrected chi connectivity index (χ4v) is 3.64. The van der Waals surface area contributed by atoms with Crippen molar-refractivity contribution in [3.63, 3.8) is 0 Å². The van der Waals surface area contributed by atoms with Crippen molar-refractivity contribution >= 4 is 17.3 Å². The quantitative estimate of drug-likeness (QED) is 0.812. The number of likely N-dealkylation sites (tertiary alicyclic amines) is 1. The van der Waals surface area contributed by atoms with Crippen LogP contribution in [-0.4, -0.2) is 36.5 Å². The van der Waals surface area contributed by atoms with Crippen molar-refractivity contribution in [1.29, 1.82) is 0 Å². The Balaban J connectivity index is 1.66. The number of ether oxygens (including phenoxy) is 1. The number of hydrogen-bond donors (Lipinski definition) is 2. The van der Waals surface area contributed by atoms with Gasteiger partial charge in [-0.3, -0.25) is 9.69 Å². The highest BCUT2D eigenvalue weighted by Gasteiger charge is 2.30. The molecule has 1 aliphatic rings. The fraction of sp³-hybridized carbons (Fsp3) is 0.409. The molecule has 1 heterocycles. The molecule has 0 aromatic heterocycles. The Morgan fingerprint density at radius 1 is 1.11 bits per heavy atom. The van der Waals surface area contributed by atoms with Crippen molar-refractivity contribution in [1.82, 2.24) is 10.2 Å². The van der Waals surface area contributed by atoms with Crippen molar-refractivity contribution in [3.8, 4) is 5.75 Å². The van der Waals surface area contributed by atoms with Gasteiger partial charge in [-0.25, -0.2) is 0 Å². The summed E-state index contributed by atoms with van der Waals surface area (Å²) in [4.78, 5) is 13.8. The fourth-order valence-electron chi connectivity index (χ4n) is 3.64. The van der Waals surface area contributed by atoms with Crippen molar-refractivity contribution in [2.24, 2.45) is 0 Å². The summed E-state index contributed by atoms with van der Waals surface area (Å²) in [6, 6.07) is 16.4. The first-order chi connectivity index (χ1) is 13.0. The van der Waals surface area contributed by atoms with Gasteiger partial charge in [0.25, 0.3) is 0 Å². The molecule has 0 unspecified atom stereocenters. The molecule has 2 aromatic rings. The minimum absolute atomic E-state index is 0.0513. The van der Waals surface area contributed by atoms with Gasteiger partial charge in [-0.05, 0) is 49.6 Å². The van der Waals surface area contributed by atoms with Gasteiger partial charge in [0.15, 0.2) is 0 Å². The molecule has 0 bridgehead atoms. The molecule has 2 N–H and O–H groups in total. The standard InChI is InChI=1S/C22H29N3O2/c1-17(26)24-22(2)9-11-25(12-10-22)16-18-13-20(15-21(14-18)27-3)23-19-7-5-4-6-8-19/h4-8,13-15,23H,9-12,16H2,1-3H3,(H,24,26). The van der Waals surface area contributed by atoms with Crippen LogP contribution in [0, 0.1) is 0 Å². The zero-order valence-electron chi connectivity index (χ0n) is 16.4. The lowest BCUT2D eigenvalue weighted by atomic mass is 9.89. The highest BCUT2D eigenvalue weighted by Crippen LogP contribution is 2.27. The number of hydrogen-bond acceptors (Lipinski definition) is 4. The van der Waals surface area contributed by atoms with Crippen LogP contribution in [0.3, 0.4) is 0 Å². The van der Waals surface area contributed by atoms with Gasteiger partial charge in [-0.1, -0.05) is 18.2 Å². The van der Waals surface area contributed by atoms with Crippen molar-refractivity contribution < 1.29 is 9.53 Å². The Hall–Kier alpha value is -2.53. The number of nitrogens with one attached hydrogen (secondary N) is 2. The molecule has 1 saturated heterocycles. The number of benzene rings is 2. The second-order valence-electron chi connectivity index (χ2n) is 7.58. The maximum atomic E-state index is 11.4. The van der Waals surface area contributed by atoms with Crippen molar-refractivity contribution in [3.05, 3.63) is 54.1 Å². The largest absolute Gasteiger partial charge is 0.497 e. The van der Waals surface area contributed by atoms with Crippen LogP contribution in [0.2, 0.25) is 0 Å². The number of amides is 1. The lowest BCUT2D eigenvalue weighted by molar-refractivity contribution is -0.121. The number of piperidine rings is 1. The third-order valence-corrected chi connectivity index (χ3v) is 5.11. The molecule has 0 saturated carbocycles. The molecule has 0 atom stereocenters. The van der Waals surface area contributed by atoms with Crippen LogP contribution >= 0.6 is 0 Å². The molecule has 3 rings (SSSR count). The van der Waals surface area contributed by atoms with E-state index in [0.717, 1.165) is 49.6 Å². The number of anilines is 2. The molecule has 0 radical (unpaired) electrons. The summed E-state index contributed by atoms with van der Waals surface area (Å²) >= 11 is 0. The maximum Gasteiger partial charge on any atom is 0.217 e. The van der Waals surface area contributed by atoms with Gasteiger partial charge < -0.3 is 15.4 Å². The van der Waals surface area contributed by atoms with E-state index >= 15 is 0 Å². The number of methoxy groups -OCH3 is 1. The summed E-state index contributed by atoms with van der Waals surface area (Å²) in [6.45, 7) is 6.54. The van der Waals surface area contributed by atoms with E-state index in [9.17, 15) is 4.79 Å². The lowest BCUT2D eigenvalue weighted by Crippen LogP contribution is -2.52. The van der Waals surface area contributed by atoms with E-state index in [0.29, 0.717) is 0 Å². The summed E-state index contributed by atoms with van der Waals surface area (Å²) < 4.78 is 5.49. The molecule has 5 heteroatoms. The van der Waals surface area contributed by atoms with Gasteiger partial charge in [-0.15, -0.1) is 0 Å². The highest BCUT2D eigenvalue weighted by atomic mass is 16.5. The zero-order chi connectivity index (χ0) is 19.3. The first-order valence-electron chi connectivity index (χ1n) is 9.47. The van der Waals surface area contributed by atoms with Crippen LogP contribution in [0.4, 0.5) is 11.4 Å². The molecule has 2 aromatic carbocycles. The van der Waals surface area contributed by atoms with Gasteiger partial charge >= 0.3 is 0 Å². The Morgan fingerprint density at radius 3 is 2.44 bits per heavy atom. The molecule has 27 heavy (non-hydrogen) atoms. The van der Waals surface area contributed by atoms with Gasteiger partial charge in [0.1, 0.15) is 5.75 Å².